The molecule has 0 spiro atoms. The number of pyridine rings is 1. The number of aromatic nitrogens is 1. The second-order valence-corrected chi connectivity index (χ2v) is 10.4. The zero-order chi connectivity index (χ0) is 26.7. The highest BCUT2D eigenvalue weighted by Crippen LogP contribution is 2.52. The molecule has 194 valence electrons. The molecule has 1 amide bonds. The standard InChI is InChI=1S/C25H32N4O7/c1-10(2)7-27-8-14-12-5-11-6-13-19(29(3)4)21(32)18(24(26)35)23(34)25(13,36)22(33)16(11)20(31)17(12)15(30)9-28-14/h9-11,13,19,27,30-31,34,36H,5-8H2,1-4H3,(H2,26,35)/t11-,13-,19-,25-/m0/s1. The van der Waals surface area contributed by atoms with Crippen LogP contribution in [-0.4, -0.2) is 80.1 Å². The van der Waals surface area contributed by atoms with Gasteiger partial charge in [0.1, 0.15) is 22.8 Å². The van der Waals surface area contributed by atoms with E-state index in [0.717, 1.165) is 6.54 Å². The normalized spacial score (nSPS) is 27.9. The van der Waals surface area contributed by atoms with E-state index in [2.05, 4.69) is 24.1 Å². The number of fused-ring (bicyclic) bond motifs is 3. The third-order valence-corrected chi connectivity index (χ3v) is 7.41. The number of aliphatic hydroxyl groups excluding tert-OH is 2. The van der Waals surface area contributed by atoms with Crippen LogP contribution in [0.25, 0.3) is 5.76 Å². The molecule has 1 heterocycles. The first-order chi connectivity index (χ1) is 16.8. The van der Waals surface area contributed by atoms with Crippen LogP contribution in [0.2, 0.25) is 0 Å². The number of likely N-dealkylation sites (N-methyl/N-ethyl adjacent to an activating group) is 1. The Balaban J connectivity index is 1.88. The molecule has 1 saturated carbocycles. The van der Waals surface area contributed by atoms with Crippen molar-refractivity contribution in [2.24, 2.45) is 23.5 Å². The van der Waals surface area contributed by atoms with Gasteiger partial charge in [0.2, 0.25) is 5.78 Å². The van der Waals surface area contributed by atoms with E-state index in [-0.39, 0.29) is 29.7 Å². The van der Waals surface area contributed by atoms with Crippen LogP contribution in [0.3, 0.4) is 0 Å². The molecule has 4 rings (SSSR count). The molecule has 0 unspecified atom stereocenters. The number of Topliss-reactive ketones (excluding diaryl/α,β-unsaturated/α-hetero) is 2. The molecule has 0 aromatic carbocycles. The van der Waals surface area contributed by atoms with Crippen molar-refractivity contribution in [2.45, 2.75) is 44.9 Å². The van der Waals surface area contributed by atoms with Gasteiger partial charge < -0.3 is 31.5 Å². The first-order valence-electron chi connectivity index (χ1n) is 11.9. The van der Waals surface area contributed by atoms with E-state index in [1.807, 2.05) is 0 Å². The molecule has 1 aromatic rings. The topological polar surface area (TPSA) is 186 Å². The van der Waals surface area contributed by atoms with Crippen molar-refractivity contribution >= 4 is 23.2 Å². The third kappa shape index (κ3) is 3.69. The number of rotatable bonds is 6. The predicted molar refractivity (Wildman–Crippen MR) is 129 cm³/mol. The lowest BCUT2D eigenvalue weighted by Gasteiger charge is -2.50. The van der Waals surface area contributed by atoms with E-state index in [1.54, 1.807) is 14.1 Å². The van der Waals surface area contributed by atoms with Crippen LogP contribution in [-0.2, 0) is 27.3 Å². The first-order valence-corrected chi connectivity index (χ1v) is 11.9. The predicted octanol–water partition coefficient (Wildman–Crippen LogP) is 0.105. The van der Waals surface area contributed by atoms with Crippen molar-refractivity contribution in [1.29, 1.82) is 0 Å². The molecule has 11 heteroatoms. The Kier molecular flexibility index (Phi) is 6.44. The number of ketones is 2. The third-order valence-electron chi connectivity index (χ3n) is 7.41. The summed E-state index contributed by atoms with van der Waals surface area (Å²) in [6.45, 7) is 5.22. The largest absolute Gasteiger partial charge is 0.508 e. The van der Waals surface area contributed by atoms with Gasteiger partial charge in [0.15, 0.2) is 11.4 Å². The molecule has 0 aliphatic heterocycles. The molecule has 7 N–H and O–H groups in total. The molecule has 0 saturated heterocycles. The summed E-state index contributed by atoms with van der Waals surface area (Å²) in [5.74, 6) is -6.36. The van der Waals surface area contributed by atoms with Crippen molar-refractivity contribution in [2.75, 3.05) is 20.6 Å². The number of carbonyl (C=O) groups excluding carboxylic acids is 3. The maximum absolute atomic E-state index is 13.8. The Morgan fingerprint density at radius 2 is 1.94 bits per heavy atom. The van der Waals surface area contributed by atoms with E-state index in [4.69, 9.17) is 5.73 Å². The summed E-state index contributed by atoms with van der Waals surface area (Å²) in [5.41, 5.74) is 2.89. The lowest BCUT2D eigenvalue weighted by atomic mass is 9.57. The van der Waals surface area contributed by atoms with Gasteiger partial charge in [0.25, 0.3) is 5.91 Å². The first kappa shape index (κ1) is 25.8. The molecule has 1 fully saturated rings. The fourth-order valence-electron chi connectivity index (χ4n) is 5.83. The summed E-state index contributed by atoms with van der Waals surface area (Å²) >= 11 is 0. The SMILES string of the molecule is CC(C)CNCc1ncc(O)c2c1C[C@H]1C[C@H]3[C@H](N(C)C)C(=O)C(C(N)=O)=C(O)[C@@]3(O)C(=O)C1=C2O. The second-order valence-electron chi connectivity index (χ2n) is 10.4. The number of aliphatic hydroxyl groups is 3. The number of primary amides is 1. The molecule has 3 aliphatic carbocycles. The monoisotopic (exact) mass is 500 g/mol. The van der Waals surface area contributed by atoms with Crippen LogP contribution in [0, 0.1) is 17.8 Å². The van der Waals surface area contributed by atoms with Gasteiger partial charge in [-0.2, -0.15) is 0 Å². The van der Waals surface area contributed by atoms with Crippen LogP contribution < -0.4 is 11.1 Å². The molecular formula is C25H32N4O7. The number of aromatic hydroxyl groups is 1. The average molecular weight is 501 g/mol. The van der Waals surface area contributed by atoms with Gasteiger partial charge in [-0.25, -0.2) is 0 Å². The van der Waals surface area contributed by atoms with E-state index in [1.165, 1.54) is 11.1 Å². The Bertz CT molecular complexity index is 1220. The quantitative estimate of drug-likeness (QED) is 0.293. The Hall–Kier alpha value is -3.28. The number of nitrogens with two attached hydrogens (primary N) is 1. The molecule has 36 heavy (non-hydrogen) atoms. The Labute approximate surface area is 208 Å². The lowest BCUT2D eigenvalue weighted by molar-refractivity contribution is -0.153. The summed E-state index contributed by atoms with van der Waals surface area (Å²) in [5, 5.41) is 47.5. The minimum absolute atomic E-state index is 0.0419. The highest BCUT2D eigenvalue weighted by atomic mass is 16.3. The van der Waals surface area contributed by atoms with Crippen molar-refractivity contribution < 1.29 is 34.8 Å². The second kappa shape index (κ2) is 8.99. The zero-order valence-electron chi connectivity index (χ0n) is 20.7. The highest BCUT2D eigenvalue weighted by Gasteiger charge is 2.64. The maximum atomic E-state index is 13.8. The Morgan fingerprint density at radius 1 is 1.28 bits per heavy atom. The molecule has 3 aliphatic rings. The van der Waals surface area contributed by atoms with Crippen molar-refractivity contribution in [3.05, 3.63) is 39.9 Å². The summed E-state index contributed by atoms with van der Waals surface area (Å²) in [6.07, 6.45) is 1.45. The number of hydrogen-bond donors (Lipinski definition) is 6. The molecule has 0 bridgehead atoms. The van der Waals surface area contributed by atoms with Gasteiger partial charge in [-0.1, -0.05) is 13.8 Å². The molecule has 1 aromatic heterocycles. The van der Waals surface area contributed by atoms with Crippen LogP contribution in [0.4, 0.5) is 0 Å². The minimum atomic E-state index is -2.64. The number of carbonyl (C=O) groups is 3. The zero-order valence-corrected chi connectivity index (χ0v) is 20.7. The smallest absolute Gasteiger partial charge is 0.255 e. The summed E-state index contributed by atoms with van der Waals surface area (Å²) in [6, 6.07) is -1.11. The van der Waals surface area contributed by atoms with Crippen molar-refractivity contribution in [1.82, 2.24) is 15.2 Å². The number of nitrogens with one attached hydrogen (secondary N) is 1. The molecule has 4 atom stereocenters. The van der Waals surface area contributed by atoms with E-state index >= 15 is 0 Å². The van der Waals surface area contributed by atoms with Crippen LogP contribution in [0.1, 0.15) is 37.1 Å². The van der Waals surface area contributed by atoms with Gasteiger partial charge >= 0.3 is 0 Å². The van der Waals surface area contributed by atoms with Gasteiger partial charge in [0, 0.05) is 18.0 Å². The fraction of sp³-hybridized carbons (Fsp3) is 0.520. The number of hydrogen-bond acceptors (Lipinski definition) is 10. The van der Waals surface area contributed by atoms with E-state index < -0.39 is 58.0 Å². The highest BCUT2D eigenvalue weighted by molar-refractivity contribution is 6.24. The molecule has 0 radical (unpaired) electrons. The molecule has 11 nitrogen and oxygen atoms in total. The fourth-order valence-corrected chi connectivity index (χ4v) is 5.83. The minimum Gasteiger partial charge on any atom is -0.508 e. The Morgan fingerprint density at radius 3 is 2.53 bits per heavy atom. The van der Waals surface area contributed by atoms with Crippen molar-refractivity contribution in [3.8, 4) is 5.75 Å². The molecular weight excluding hydrogens is 468 g/mol. The average Bonchev–Trinajstić information content (AvgIpc) is 2.77. The summed E-state index contributed by atoms with van der Waals surface area (Å²) in [4.78, 5) is 44.7. The lowest BCUT2D eigenvalue weighted by Crippen LogP contribution is -2.65. The van der Waals surface area contributed by atoms with Crippen LogP contribution >= 0.6 is 0 Å². The number of amides is 1. The van der Waals surface area contributed by atoms with Crippen molar-refractivity contribution in [3.63, 3.8) is 0 Å². The van der Waals surface area contributed by atoms with Gasteiger partial charge in [0.05, 0.1) is 23.5 Å². The van der Waals surface area contributed by atoms with Gasteiger partial charge in [-0.05, 0) is 50.9 Å². The van der Waals surface area contributed by atoms with Crippen LogP contribution in [0.5, 0.6) is 5.75 Å². The number of nitrogens with zero attached hydrogens (tertiary/aromatic N) is 2. The summed E-state index contributed by atoms with van der Waals surface area (Å²) in [7, 11) is 3.13. The summed E-state index contributed by atoms with van der Waals surface area (Å²) < 4.78 is 0. The van der Waals surface area contributed by atoms with Crippen LogP contribution in [0.15, 0.2) is 23.1 Å². The van der Waals surface area contributed by atoms with E-state index in [9.17, 15) is 34.8 Å². The maximum Gasteiger partial charge on any atom is 0.255 e. The van der Waals surface area contributed by atoms with Gasteiger partial charge in [-0.3, -0.25) is 24.3 Å². The van der Waals surface area contributed by atoms with E-state index in [0.29, 0.717) is 23.7 Å². The van der Waals surface area contributed by atoms with Gasteiger partial charge in [-0.15, -0.1) is 0 Å².